The van der Waals surface area contributed by atoms with Crippen LogP contribution in [0.25, 0.3) is 0 Å². The zero-order valence-corrected chi connectivity index (χ0v) is 12.1. The lowest BCUT2D eigenvalue weighted by Gasteiger charge is -2.11. The molecule has 0 bridgehead atoms. The van der Waals surface area contributed by atoms with E-state index in [0.717, 1.165) is 16.3 Å². The first-order chi connectivity index (χ1) is 9.01. The van der Waals surface area contributed by atoms with Crippen LogP contribution in [0.2, 0.25) is 0 Å². The van der Waals surface area contributed by atoms with Gasteiger partial charge in [0.2, 0.25) is 0 Å². The van der Waals surface area contributed by atoms with Gasteiger partial charge in [-0.25, -0.2) is 9.37 Å². The molecule has 0 spiro atoms. The molecule has 1 atom stereocenters. The summed E-state index contributed by atoms with van der Waals surface area (Å²) < 4.78 is 18.5. The van der Waals surface area contributed by atoms with Gasteiger partial charge >= 0.3 is 0 Å². The van der Waals surface area contributed by atoms with Crippen LogP contribution in [0.15, 0.2) is 18.2 Å². The maximum absolute atomic E-state index is 13.6. The number of hydrogen-bond acceptors (Lipinski definition) is 4. The van der Waals surface area contributed by atoms with Crippen molar-refractivity contribution in [3.8, 4) is 5.75 Å². The second kappa shape index (κ2) is 5.67. The minimum absolute atomic E-state index is 0.233. The maximum Gasteiger partial charge on any atom is 0.165 e. The number of nitrogens with two attached hydrogens (primary N) is 1. The van der Waals surface area contributed by atoms with Crippen molar-refractivity contribution in [1.29, 1.82) is 0 Å². The summed E-state index contributed by atoms with van der Waals surface area (Å²) in [5.74, 6) is -0.154. The molecule has 5 heteroatoms. The lowest BCUT2D eigenvalue weighted by atomic mass is 10.0. The van der Waals surface area contributed by atoms with Gasteiger partial charge < -0.3 is 10.5 Å². The number of aryl methyl sites for hydroxylation is 2. The van der Waals surface area contributed by atoms with Gasteiger partial charge in [-0.1, -0.05) is 6.07 Å². The Balaban J connectivity index is 2.15. The molecule has 102 valence electrons. The first-order valence-corrected chi connectivity index (χ1v) is 6.85. The van der Waals surface area contributed by atoms with Crippen molar-refractivity contribution in [3.05, 3.63) is 45.2 Å². The Kier molecular flexibility index (Phi) is 4.17. The average Bonchev–Trinajstić information content (AvgIpc) is 2.68. The second-order valence-corrected chi connectivity index (χ2v) is 5.74. The van der Waals surface area contributed by atoms with Crippen molar-refractivity contribution in [2.75, 3.05) is 7.11 Å². The van der Waals surface area contributed by atoms with E-state index in [1.54, 1.807) is 23.5 Å². The number of aromatic nitrogens is 1. The quantitative estimate of drug-likeness (QED) is 0.936. The molecular weight excluding hydrogens is 263 g/mol. The Morgan fingerprint density at radius 1 is 1.42 bits per heavy atom. The molecule has 0 aliphatic carbocycles. The number of methoxy groups -OCH3 is 1. The first-order valence-electron chi connectivity index (χ1n) is 6.03. The third-order valence-electron chi connectivity index (χ3n) is 3.07. The summed E-state index contributed by atoms with van der Waals surface area (Å²) in [6.07, 6.45) is 0.616. The maximum atomic E-state index is 13.6. The van der Waals surface area contributed by atoms with Crippen LogP contribution in [-0.4, -0.2) is 12.1 Å². The van der Waals surface area contributed by atoms with Crippen LogP contribution in [0.3, 0.4) is 0 Å². The van der Waals surface area contributed by atoms with Gasteiger partial charge in [0.25, 0.3) is 0 Å². The molecule has 0 aliphatic rings. The van der Waals surface area contributed by atoms with E-state index in [-0.39, 0.29) is 17.6 Å². The van der Waals surface area contributed by atoms with Gasteiger partial charge in [-0.2, -0.15) is 0 Å². The molecule has 1 aromatic carbocycles. The fraction of sp³-hybridized carbons (Fsp3) is 0.357. The second-order valence-electron chi connectivity index (χ2n) is 4.45. The lowest BCUT2D eigenvalue weighted by Crippen LogP contribution is -2.13. The molecule has 2 aromatic rings. The molecule has 2 rings (SSSR count). The van der Waals surface area contributed by atoms with Crippen molar-refractivity contribution < 1.29 is 9.13 Å². The number of hydrogen-bond donors (Lipinski definition) is 1. The van der Waals surface area contributed by atoms with Crippen LogP contribution in [0, 0.1) is 19.7 Å². The number of benzene rings is 1. The van der Waals surface area contributed by atoms with Gasteiger partial charge in [-0.3, -0.25) is 0 Å². The summed E-state index contributed by atoms with van der Waals surface area (Å²) in [5, 5.41) is 0.985. The minimum atomic E-state index is -0.387. The van der Waals surface area contributed by atoms with E-state index in [9.17, 15) is 4.39 Å². The van der Waals surface area contributed by atoms with E-state index in [1.165, 1.54) is 18.1 Å². The third-order valence-corrected chi connectivity index (χ3v) is 4.17. The highest BCUT2D eigenvalue weighted by atomic mass is 32.1. The Morgan fingerprint density at radius 3 is 2.68 bits per heavy atom. The first kappa shape index (κ1) is 14.0. The van der Waals surface area contributed by atoms with Crippen LogP contribution in [0.5, 0.6) is 5.75 Å². The summed E-state index contributed by atoms with van der Waals surface area (Å²) in [6, 6.07) is 4.56. The van der Waals surface area contributed by atoms with Gasteiger partial charge in [-0.05, 0) is 31.5 Å². The monoisotopic (exact) mass is 280 g/mol. The molecule has 0 saturated heterocycles. The number of ether oxygens (including phenoxy) is 1. The molecule has 0 aliphatic heterocycles. The van der Waals surface area contributed by atoms with Crippen molar-refractivity contribution in [2.24, 2.45) is 5.73 Å². The zero-order valence-electron chi connectivity index (χ0n) is 11.2. The molecule has 2 N–H and O–H groups in total. The molecule has 1 unspecified atom stereocenters. The predicted octanol–water partition coefficient (Wildman–Crippen LogP) is 3.15. The SMILES string of the molecule is COc1ccc(C(N)Cc2nc(C)c(C)s2)cc1F. The summed E-state index contributed by atoms with van der Waals surface area (Å²) in [6.45, 7) is 4.02. The summed E-state index contributed by atoms with van der Waals surface area (Å²) in [4.78, 5) is 5.65. The van der Waals surface area contributed by atoms with Crippen LogP contribution < -0.4 is 10.5 Å². The van der Waals surface area contributed by atoms with E-state index in [1.807, 2.05) is 13.8 Å². The molecule has 3 nitrogen and oxygen atoms in total. The molecular formula is C14H17FN2OS. The zero-order chi connectivity index (χ0) is 14.0. The van der Waals surface area contributed by atoms with Crippen LogP contribution in [0.1, 0.15) is 27.2 Å². The summed E-state index contributed by atoms with van der Waals surface area (Å²) in [7, 11) is 1.44. The van der Waals surface area contributed by atoms with Gasteiger partial charge in [0, 0.05) is 17.3 Å². The Labute approximate surface area is 116 Å². The van der Waals surface area contributed by atoms with Crippen molar-refractivity contribution in [1.82, 2.24) is 4.98 Å². The van der Waals surface area contributed by atoms with Crippen molar-refractivity contribution in [2.45, 2.75) is 26.3 Å². The molecule has 0 amide bonds. The minimum Gasteiger partial charge on any atom is -0.494 e. The fourth-order valence-electron chi connectivity index (χ4n) is 1.85. The van der Waals surface area contributed by atoms with E-state index in [2.05, 4.69) is 4.98 Å². The molecule has 0 saturated carbocycles. The highest BCUT2D eigenvalue weighted by Gasteiger charge is 2.13. The normalized spacial score (nSPS) is 12.5. The lowest BCUT2D eigenvalue weighted by molar-refractivity contribution is 0.386. The Morgan fingerprint density at radius 2 is 2.16 bits per heavy atom. The van der Waals surface area contributed by atoms with Gasteiger partial charge in [0.05, 0.1) is 17.8 Å². The number of thiazole rings is 1. The van der Waals surface area contributed by atoms with Crippen molar-refractivity contribution in [3.63, 3.8) is 0 Å². The van der Waals surface area contributed by atoms with Crippen LogP contribution in [0.4, 0.5) is 4.39 Å². The number of rotatable bonds is 4. The van der Waals surface area contributed by atoms with Crippen LogP contribution >= 0.6 is 11.3 Å². The molecule has 1 heterocycles. The summed E-state index contributed by atoms with van der Waals surface area (Å²) >= 11 is 1.64. The van der Waals surface area contributed by atoms with E-state index in [0.29, 0.717) is 6.42 Å². The molecule has 0 fully saturated rings. The van der Waals surface area contributed by atoms with Crippen LogP contribution in [-0.2, 0) is 6.42 Å². The third kappa shape index (κ3) is 3.11. The topological polar surface area (TPSA) is 48.1 Å². The molecule has 19 heavy (non-hydrogen) atoms. The number of nitrogens with zero attached hydrogens (tertiary/aromatic N) is 1. The molecule has 1 aromatic heterocycles. The standard InChI is InChI=1S/C14H17FN2OS/c1-8-9(2)19-14(17-8)7-12(16)10-4-5-13(18-3)11(15)6-10/h4-6,12H,7,16H2,1-3H3. The average molecular weight is 280 g/mol. The molecule has 0 radical (unpaired) electrons. The van der Waals surface area contributed by atoms with Gasteiger partial charge in [-0.15, -0.1) is 11.3 Å². The smallest absolute Gasteiger partial charge is 0.165 e. The van der Waals surface area contributed by atoms with E-state index >= 15 is 0 Å². The fourth-order valence-corrected chi connectivity index (χ4v) is 2.84. The number of halogens is 1. The van der Waals surface area contributed by atoms with E-state index in [4.69, 9.17) is 10.5 Å². The highest BCUT2D eigenvalue weighted by molar-refractivity contribution is 7.11. The predicted molar refractivity (Wildman–Crippen MR) is 75.2 cm³/mol. The highest BCUT2D eigenvalue weighted by Crippen LogP contribution is 2.25. The van der Waals surface area contributed by atoms with Gasteiger partial charge in [0.15, 0.2) is 11.6 Å². The summed E-state index contributed by atoms with van der Waals surface area (Å²) in [5.41, 5.74) is 7.89. The van der Waals surface area contributed by atoms with E-state index < -0.39 is 0 Å². The largest absolute Gasteiger partial charge is 0.494 e. The Hall–Kier alpha value is -1.46. The van der Waals surface area contributed by atoms with Gasteiger partial charge in [0.1, 0.15) is 0 Å². The Bertz CT molecular complexity index is 563. The van der Waals surface area contributed by atoms with Crippen molar-refractivity contribution >= 4 is 11.3 Å².